The van der Waals surface area contributed by atoms with Crippen molar-refractivity contribution in [2.45, 2.75) is 12.5 Å². The minimum atomic E-state index is 0.0470. The molecule has 1 unspecified atom stereocenters. The van der Waals surface area contributed by atoms with Gasteiger partial charge in [0.1, 0.15) is 0 Å². The van der Waals surface area contributed by atoms with E-state index in [1.807, 2.05) is 0 Å². The summed E-state index contributed by atoms with van der Waals surface area (Å²) in [5.74, 6) is 0. The molecular weight excluding hydrogens is 342 g/mol. The second-order valence-corrected chi connectivity index (χ2v) is 7.65. The van der Waals surface area contributed by atoms with Crippen LogP contribution in [0.3, 0.4) is 0 Å². The Bertz CT molecular complexity index is 1070. The second-order valence-electron chi connectivity index (χ2n) is 7.65. The van der Waals surface area contributed by atoms with E-state index in [1.165, 1.54) is 32.7 Å². The van der Waals surface area contributed by atoms with Crippen molar-refractivity contribution >= 4 is 21.5 Å². The van der Waals surface area contributed by atoms with E-state index in [1.54, 1.807) is 0 Å². The number of hydrogen-bond donors (Lipinski definition) is 0. The first kappa shape index (κ1) is 18.7. The summed E-state index contributed by atoms with van der Waals surface area (Å²) in [6, 6.07) is 30.4. The number of hydrogen-bond acceptors (Lipinski definition) is 2. The highest BCUT2D eigenvalue weighted by Crippen LogP contribution is 2.27. The molecule has 142 valence electrons. The Balaban J connectivity index is 1.62. The van der Waals surface area contributed by atoms with Crippen molar-refractivity contribution in [3.8, 4) is 0 Å². The van der Waals surface area contributed by atoms with Crippen LogP contribution >= 0.6 is 0 Å². The van der Waals surface area contributed by atoms with Gasteiger partial charge in [0.2, 0.25) is 0 Å². The number of benzene rings is 4. The van der Waals surface area contributed by atoms with Crippen molar-refractivity contribution < 1.29 is 4.74 Å². The van der Waals surface area contributed by atoms with E-state index in [-0.39, 0.29) is 6.10 Å². The SMILES string of the molecule is CN(C)CCOC(Cc1ccc2ccccc2c1)c1ccc2ccccc2c1. The molecule has 0 amide bonds. The summed E-state index contributed by atoms with van der Waals surface area (Å²) in [7, 11) is 4.16. The Morgan fingerprint density at radius 2 is 1.32 bits per heavy atom. The maximum atomic E-state index is 6.36. The number of rotatable bonds is 7. The Hall–Kier alpha value is -2.68. The van der Waals surface area contributed by atoms with Crippen molar-refractivity contribution in [1.29, 1.82) is 0 Å². The molecule has 0 aliphatic carbocycles. The van der Waals surface area contributed by atoms with E-state index >= 15 is 0 Å². The third-order valence-electron chi connectivity index (χ3n) is 5.24. The van der Waals surface area contributed by atoms with E-state index in [9.17, 15) is 0 Å². The van der Waals surface area contributed by atoms with Gasteiger partial charge in [-0.3, -0.25) is 0 Å². The zero-order valence-electron chi connectivity index (χ0n) is 16.6. The van der Waals surface area contributed by atoms with Crippen molar-refractivity contribution in [3.05, 3.63) is 96.1 Å². The summed E-state index contributed by atoms with van der Waals surface area (Å²) >= 11 is 0. The van der Waals surface area contributed by atoms with Crippen molar-refractivity contribution in [1.82, 2.24) is 4.90 Å². The van der Waals surface area contributed by atoms with Gasteiger partial charge in [0, 0.05) is 13.0 Å². The minimum Gasteiger partial charge on any atom is -0.372 e. The van der Waals surface area contributed by atoms with E-state index in [0.717, 1.165) is 19.6 Å². The molecule has 2 nitrogen and oxygen atoms in total. The van der Waals surface area contributed by atoms with Crippen LogP contribution in [0.1, 0.15) is 17.2 Å². The van der Waals surface area contributed by atoms with E-state index in [0.29, 0.717) is 0 Å². The molecule has 0 fully saturated rings. The van der Waals surface area contributed by atoms with Crippen LogP contribution in [-0.2, 0) is 11.2 Å². The first-order valence-corrected chi connectivity index (χ1v) is 9.92. The Labute approximate surface area is 167 Å². The zero-order chi connectivity index (χ0) is 19.3. The van der Waals surface area contributed by atoms with Crippen LogP contribution in [0.4, 0.5) is 0 Å². The smallest absolute Gasteiger partial charge is 0.0866 e. The Morgan fingerprint density at radius 1 is 0.714 bits per heavy atom. The van der Waals surface area contributed by atoms with Gasteiger partial charge in [-0.1, -0.05) is 78.9 Å². The summed E-state index contributed by atoms with van der Waals surface area (Å²) in [6.45, 7) is 1.64. The molecule has 2 heteroatoms. The van der Waals surface area contributed by atoms with Crippen LogP contribution in [-0.4, -0.2) is 32.1 Å². The molecule has 0 aliphatic rings. The molecule has 0 saturated heterocycles. The number of fused-ring (bicyclic) bond motifs is 2. The fourth-order valence-corrected chi connectivity index (χ4v) is 3.64. The lowest BCUT2D eigenvalue weighted by Gasteiger charge is -2.21. The molecular formula is C26H27NO. The van der Waals surface area contributed by atoms with Crippen LogP contribution in [0.25, 0.3) is 21.5 Å². The minimum absolute atomic E-state index is 0.0470. The summed E-state index contributed by atoms with van der Waals surface area (Å²) in [6.07, 6.45) is 0.919. The maximum absolute atomic E-state index is 6.36. The molecule has 0 saturated carbocycles. The molecule has 1 atom stereocenters. The fourth-order valence-electron chi connectivity index (χ4n) is 3.64. The fraction of sp³-hybridized carbons (Fsp3) is 0.231. The molecule has 28 heavy (non-hydrogen) atoms. The quantitative estimate of drug-likeness (QED) is 0.405. The third-order valence-corrected chi connectivity index (χ3v) is 5.24. The van der Waals surface area contributed by atoms with Gasteiger partial charge in [-0.25, -0.2) is 0 Å². The van der Waals surface area contributed by atoms with Crippen LogP contribution in [0.15, 0.2) is 84.9 Å². The highest BCUT2D eigenvalue weighted by atomic mass is 16.5. The summed E-state index contributed by atoms with van der Waals surface area (Å²) in [5.41, 5.74) is 2.55. The molecule has 4 aromatic carbocycles. The van der Waals surface area contributed by atoms with Gasteiger partial charge in [-0.15, -0.1) is 0 Å². The van der Waals surface area contributed by atoms with E-state index in [4.69, 9.17) is 4.74 Å². The average molecular weight is 370 g/mol. The highest BCUT2D eigenvalue weighted by Gasteiger charge is 2.14. The van der Waals surface area contributed by atoms with E-state index in [2.05, 4.69) is 104 Å². The van der Waals surface area contributed by atoms with Gasteiger partial charge in [0.05, 0.1) is 12.7 Å². The molecule has 0 heterocycles. The largest absolute Gasteiger partial charge is 0.372 e. The van der Waals surface area contributed by atoms with Gasteiger partial charge in [-0.05, 0) is 52.8 Å². The lowest BCUT2D eigenvalue weighted by molar-refractivity contribution is 0.0437. The average Bonchev–Trinajstić information content (AvgIpc) is 2.72. The van der Waals surface area contributed by atoms with E-state index < -0.39 is 0 Å². The molecule has 0 radical (unpaired) electrons. The first-order valence-electron chi connectivity index (χ1n) is 9.92. The molecule has 0 aromatic heterocycles. The predicted molar refractivity (Wildman–Crippen MR) is 119 cm³/mol. The summed E-state index contributed by atoms with van der Waals surface area (Å²) in [5, 5.41) is 5.09. The van der Waals surface area contributed by atoms with Crippen molar-refractivity contribution in [3.63, 3.8) is 0 Å². The lowest BCUT2D eigenvalue weighted by atomic mass is 9.97. The molecule has 4 aromatic rings. The van der Waals surface area contributed by atoms with Crippen molar-refractivity contribution in [2.75, 3.05) is 27.2 Å². The normalized spacial score (nSPS) is 12.7. The van der Waals surface area contributed by atoms with Gasteiger partial charge >= 0.3 is 0 Å². The van der Waals surface area contributed by atoms with Crippen molar-refractivity contribution in [2.24, 2.45) is 0 Å². The van der Waals surface area contributed by atoms with Gasteiger partial charge in [0.15, 0.2) is 0 Å². The summed E-state index contributed by atoms with van der Waals surface area (Å²) in [4.78, 5) is 2.16. The van der Waals surface area contributed by atoms with Crippen LogP contribution in [0.5, 0.6) is 0 Å². The topological polar surface area (TPSA) is 12.5 Å². The standard InChI is InChI=1S/C26H27NO/c1-27(2)15-16-28-26(25-14-13-22-8-4-6-10-24(22)19-25)18-20-11-12-21-7-3-5-9-23(21)17-20/h3-14,17,19,26H,15-16,18H2,1-2H3. The number of ether oxygens (including phenoxy) is 1. The molecule has 0 bridgehead atoms. The molecule has 0 spiro atoms. The number of likely N-dealkylation sites (N-methyl/N-ethyl adjacent to an activating group) is 1. The van der Waals surface area contributed by atoms with Gasteiger partial charge < -0.3 is 9.64 Å². The highest BCUT2D eigenvalue weighted by molar-refractivity contribution is 5.84. The first-order chi connectivity index (χ1) is 13.7. The van der Waals surface area contributed by atoms with Gasteiger partial charge in [-0.2, -0.15) is 0 Å². The third kappa shape index (κ3) is 4.41. The molecule has 0 N–H and O–H groups in total. The lowest BCUT2D eigenvalue weighted by Crippen LogP contribution is -2.20. The van der Waals surface area contributed by atoms with Crippen LogP contribution < -0.4 is 0 Å². The summed E-state index contributed by atoms with van der Waals surface area (Å²) < 4.78 is 6.36. The van der Waals surface area contributed by atoms with Crippen LogP contribution in [0, 0.1) is 0 Å². The Morgan fingerprint density at radius 3 is 2.00 bits per heavy atom. The Kier molecular flexibility index (Phi) is 5.70. The monoisotopic (exact) mass is 369 g/mol. The van der Waals surface area contributed by atoms with Crippen LogP contribution in [0.2, 0.25) is 0 Å². The number of nitrogens with zero attached hydrogens (tertiary/aromatic N) is 1. The predicted octanol–water partition coefficient (Wildman–Crippen LogP) is 5.86. The second kappa shape index (κ2) is 8.55. The maximum Gasteiger partial charge on any atom is 0.0866 e. The van der Waals surface area contributed by atoms with Gasteiger partial charge in [0.25, 0.3) is 0 Å². The zero-order valence-corrected chi connectivity index (χ0v) is 16.6. The molecule has 4 rings (SSSR count). The molecule has 0 aliphatic heterocycles.